The molecule has 2 fully saturated rings. The number of ether oxygens (including phenoxy) is 1. The highest BCUT2D eigenvalue weighted by Gasteiger charge is 2.36. The zero-order valence-electron chi connectivity index (χ0n) is 11.4. The molecule has 2 atom stereocenters. The van der Waals surface area contributed by atoms with E-state index in [0.29, 0.717) is 6.54 Å². The van der Waals surface area contributed by atoms with Gasteiger partial charge in [-0.25, -0.2) is 0 Å². The second-order valence-electron chi connectivity index (χ2n) is 5.67. The van der Waals surface area contributed by atoms with Crippen LogP contribution in [0.5, 0.6) is 0 Å². The van der Waals surface area contributed by atoms with E-state index < -0.39 is 12.7 Å². The second-order valence-corrected chi connectivity index (χ2v) is 5.67. The Hall–Kier alpha value is -0.330. The van der Waals surface area contributed by atoms with Crippen LogP contribution in [0, 0.1) is 0 Å². The minimum absolute atomic E-state index is 0.0300. The Balaban J connectivity index is 1.92. The van der Waals surface area contributed by atoms with Crippen molar-refractivity contribution >= 4 is 0 Å². The van der Waals surface area contributed by atoms with Crippen molar-refractivity contribution in [3.63, 3.8) is 0 Å². The summed E-state index contributed by atoms with van der Waals surface area (Å²) in [6.45, 7) is 3.20. The predicted octanol–water partition coefficient (Wildman–Crippen LogP) is 2.17. The molecule has 3 nitrogen and oxygen atoms in total. The predicted molar refractivity (Wildman–Crippen MR) is 67.1 cm³/mol. The molecule has 19 heavy (non-hydrogen) atoms. The quantitative estimate of drug-likeness (QED) is 0.854. The first-order chi connectivity index (χ1) is 8.94. The summed E-state index contributed by atoms with van der Waals surface area (Å²) in [6, 6.07) is 0.0300. The number of alkyl halides is 3. The van der Waals surface area contributed by atoms with Crippen LogP contribution in [-0.2, 0) is 4.74 Å². The molecular formula is C13H23F3N2O. The number of nitrogens with zero attached hydrogens (tertiary/aromatic N) is 1. The summed E-state index contributed by atoms with van der Waals surface area (Å²) in [7, 11) is 0. The highest BCUT2D eigenvalue weighted by molar-refractivity contribution is 4.83. The van der Waals surface area contributed by atoms with E-state index in [0.717, 1.165) is 38.8 Å². The van der Waals surface area contributed by atoms with Crippen molar-refractivity contribution in [2.75, 3.05) is 26.2 Å². The van der Waals surface area contributed by atoms with Crippen LogP contribution in [0.4, 0.5) is 13.2 Å². The molecule has 2 aliphatic rings. The van der Waals surface area contributed by atoms with Crippen molar-refractivity contribution in [3.8, 4) is 0 Å². The Kier molecular flexibility index (Phi) is 5.09. The summed E-state index contributed by atoms with van der Waals surface area (Å²) >= 11 is 0. The van der Waals surface area contributed by atoms with Gasteiger partial charge in [0.2, 0.25) is 0 Å². The van der Waals surface area contributed by atoms with Gasteiger partial charge in [-0.1, -0.05) is 0 Å². The molecule has 2 unspecified atom stereocenters. The molecule has 0 amide bonds. The van der Waals surface area contributed by atoms with E-state index in [4.69, 9.17) is 4.74 Å². The molecule has 2 saturated heterocycles. The van der Waals surface area contributed by atoms with Gasteiger partial charge in [0, 0.05) is 12.6 Å². The Labute approximate surface area is 112 Å². The third-order valence-corrected chi connectivity index (χ3v) is 3.97. The van der Waals surface area contributed by atoms with Crippen LogP contribution in [-0.4, -0.2) is 55.5 Å². The average molecular weight is 280 g/mol. The van der Waals surface area contributed by atoms with Gasteiger partial charge in [0.15, 0.2) is 0 Å². The first-order valence-corrected chi connectivity index (χ1v) is 7.11. The first kappa shape index (κ1) is 15.1. The SMILES string of the molecule is CC1CCC(CN(CC(F)(F)F)C2CCNCC2)O1. The smallest absolute Gasteiger partial charge is 0.374 e. The van der Waals surface area contributed by atoms with E-state index in [9.17, 15) is 13.2 Å². The van der Waals surface area contributed by atoms with Gasteiger partial charge in [0.25, 0.3) is 0 Å². The minimum atomic E-state index is -4.13. The molecule has 2 aliphatic heterocycles. The lowest BCUT2D eigenvalue weighted by Crippen LogP contribution is -2.49. The minimum Gasteiger partial charge on any atom is -0.374 e. The number of hydrogen-bond donors (Lipinski definition) is 1. The van der Waals surface area contributed by atoms with Crippen molar-refractivity contribution in [2.24, 2.45) is 0 Å². The molecule has 0 aromatic rings. The average Bonchev–Trinajstić information content (AvgIpc) is 2.73. The maximum absolute atomic E-state index is 12.7. The first-order valence-electron chi connectivity index (χ1n) is 7.11. The van der Waals surface area contributed by atoms with Crippen LogP contribution in [0.1, 0.15) is 32.6 Å². The van der Waals surface area contributed by atoms with Gasteiger partial charge in [0.1, 0.15) is 0 Å². The van der Waals surface area contributed by atoms with Crippen molar-refractivity contribution in [1.82, 2.24) is 10.2 Å². The molecule has 0 aromatic carbocycles. The monoisotopic (exact) mass is 280 g/mol. The lowest BCUT2D eigenvalue weighted by Gasteiger charge is -2.36. The molecule has 0 radical (unpaired) electrons. The van der Waals surface area contributed by atoms with Gasteiger partial charge in [-0.05, 0) is 45.7 Å². The van der Waals surface area contributed by atoms with Gasteiger partial charge in [0.05, 0.1) is 18.8 Å². The van der Waals surface area contributed by atoms with Gasteiger partial charge < -0.3 is 10.1 Å². The fourth-order valence-electron chi connectivity index (χ4n) is 3.03. The Morgan fingerprint density at radius 1 is 1.16 bits per heavy atom. The molecule has 0 bridgehead atoms. The molecule has 0 saturated carbocycles. The molecule has 0 aromatic heterocycles. The van der Waals surface area contributed by atoms with E-state index in [1.54, 1.807) is 4.90 Å². The highest BCUT2D eigenvalue weighted by Crippen LogP contribution is 2.25. The van der Waals surface area contributed by atoms with Gasteiger partial charge in [-0.3, -0.25) is 4.90 Å². The molecule has 6 heteroatoms. The van der Waals surface area contributed by atoms with Crippen LogP contribution in [0.15, 0.2) is 0 Å². The molecule has 0 aliphatic carbocycles. The Morgan fingerprint density at radius 2 is 1.84 bits per heavy atom. The van der Waals surface area contributed by atoms with Crippen molar-refractivity contribution in [1.29, 1.82) is 0 Å². The van der Waals surface area contributed by atoms with Gasteiger partial charge in [-0.15, -0.1) is 0 Å². The van der Waals surface area contributed by atoms with E-state index in [2.05, 4.69) is 5.32 Å². The normalized spacial score (nSPS) is 30.2. The molecule has 112 valence electrons. The highest BCUT2D eigenvalue weighted by atomic mass is 19.4. The Morgan fingerprint density at radius 3 is 2.37 bits per heavy atom. The van der Waals surface area contributed by atoms with Crippen LogP contribution < -0.4 is 5.32 Å². The van der Waals surface area contributed by atoms with Crippen molar-refractivity contribution < 1.29 is 17.9 Å². The van der Waals surface area contributed by atoms with Crippen LogP contribution >= 0.6 is 0 Å². The number of hydrogen-bond acceptors (Lipinski definition) is 3. The second kappa shape index (κ2) is 6.41. The van der Waals surface area contributed by atoms with Gasteiger partial charge in [-0.2, -0.15) is 13.2 Å². The number of nitrogens with one attached hydrogen (secondary N) is 1. The zero-order valence-corrected chi connectivity index (χ0v) is 11.4. The van der Waals surface area contributed by atoms with E-state index in [1.165, 1.54) is 0 Å². The van der Waals surface area contributed by atoms with Gasteiger partial charge >= 0.3 is 6.18 Å². The standard InChI is InChI=1S/C13H23F3N2O/c1-10-2-3-12(19-10)8-18(9-13(14,15)16)11-4-6-17-7-5-11/h10-12,17H,2-9H2,1H3. The van der Waals surface area contributed by atoms with E-state index in [1.807, 2.05) is 6.92 Å². The van der Waals surface area contributed by atoms with Crippen molar-refractivity contribution in [3.05, 3.63) is 0 Å². The van der Waals surface area contributed by atoms with E-state index in [-0.39, 0.29) is 18.2 Å². The summed E-state index contributed by atoms with van der Waals surface area (Å²) in [4.78, 5) is 1.59. The summed E-state index contributed by atoms with van der Waals surface area (Å²) in [5.74, 6) is 0. The Bertz CT molecular complexity index is 280. The number of halogens is 3. The zero-order chi connectivity index (χ0) is 13.9. The van der Waals surface area contributed by atoms with Crippen LogP contribution in [0.25, 0.3) is 0 Å². The fourth-order valence-corrected chi connectivity index (χ4v) is 3.03. The third kappa shape index (κ3) is 4.93. The largest absolute Gasteiger partial charge is 0.401 e. The lowest BCUT2D eigenvalue weighted by molar-refractivity contribution is -0.155. The molecule has 2 heterocycles. The lowest BCUT2D eigenvalue weighted by atomic mass is 10.0. The van der Waals surface area contributed by atoms with Crippen molar-refractivity contribution in [2.45, 2.75) is 57.0 Å². The summed E-state index contributed by atoms with van der Waals surface area (Å²) in [5.41, 5.74) is 0. The fraction of sp³-hybridized carbons (Fsp3) is 1.00. The maximum atomic E-state index is 12.7. The summed E-state index contributed by atoms with van der Waals surface area (Å²) < 4.78 is 43.8. The molecular weight excluding hydrogens is 257 g/mol. The molecule has 1 N–H and O–H groups in total. The third-order valence-electron chi connectivity index (χ3n) is 3.97. The van der Waals surface area contributed by atoms with E-state index >= 15 is 0 Å². The maximum Gasteiger partial charge on any atom is 0.401 e. The number of piperidine rings is 1. The topological polar surface area (TPSA) is 24.5 Å². The van der Waals surface area contributed by atoms with Crippen LogP contribution in [0.2, 0.25) is 0 Å². The summed E-state index contributed by atoms with van der Waals surface area (Å²) in [6.07, 6.45) is -0.568. The molecule has 0 spiro atoms. The number of rotatable bonds is 4. The molecule has 2 rings (SSSR count). The summed E-state index contributed by atoms with van der Waals surface area (Å²) in [5, 5.41) is 3.19. The van der Waals surface area contributed by atoms with Crippen LogP contribution in [0.3, 0.4) is 0 Å².